The van der Waals surface area contributed by atoms with Crippen LogP contribution in [0.3, 0.4) is 0 Å². The third-order valence-corrected chi connectivity index (χ3v) is 3.99. The minimum Gasteiger partial charge on any atom is -0.478 e. The van der Waals surface area contributed by atoms with Gasteiger partial charge in [-0.2, -0.15) is 0 Å². The van der Waals surface area contributed by atoms with Gasteiger partial charge >= 0.3 is 5.97 Å². The average Bonchev–Trinajstić information content (AvgIpc) is 2.56. The fraction of sp³-hybridized carbons (Fsp3) is 0.278. The van der Waals surface area contributed by atoms with E-state index in [1.165, 1.54) is 18.6 Å². The monoisotopic (exact) mass is 326 g/mol. The van der Waals surface area contributed by atoms with Crippen LogP contribution in [0, 0.1) is 0 Å². The second-order valence-electron chi connectivity index (χ2n) is 5.74. The summed E-state index contributed by atoms with van der Waals surface area (Å²) in [5, 5.41) is 11.7. The molecule has 0 bridgehead atoms. The Kier molecular flexibility index (Phi) is 4.74. The Hall–Kier alpha value is -2.89. The molecule has 0 atom stereocenters. The number of carbonyl (C=O) groups is 2. The first-order chi connectivity index (χ1) is 11.6. The van der Waals surface area contributed by atoms with Crippen molar-refractivity contribution in [3.05, 3.63) is 59.3 Å². The highest BCUT2D eigenvalue weighted by Gasteiger charge is 2.20. The summed E-state index contributed by atoms with van der Waals surface area (Å²) in [7, 11) is 0. The standard InChI is InChI=1S/C18H18N2O4/c21-17(20-11-12-4-6-13(7-5-12)18(22)23)14-8-9-19-16(10-14)24-15-2-1-3-15/h4-10,15H,1-3,11H2,(H,20,21)(H,22,23). The summed E-state index contributed by atoms with van der Waals surface area (Å²) < 4.78 is 5.69. The Bertz CT molecular complexity index is 739. The van der Waals surface area contributed by atoms with Crippen LogP contribution in [-0.2, 0) is 6.54 Å². The van der Waals surface area contributed by atoms with Crippen LogP contribution in [0.25, 0.3) is 0 Å². The van der Waals surface area contributed by atoms with Crippen LogP contribution < -0.4 is 10.1 Å². The van der Waals surface area contributed by atoms with Gasteiger partial charge in [0.15, 0.2) is 0 Å². The molecular weight excluding hydrogens is 308 g/mol. The molecule has 0 saturated heterocycles. The molecule has 1 fully saturated rings. The summed E-state index contributed by atoms with van der Waals surface area (Å²) in [6.45, 7) is 0.319. The second kappa shape index (κ2) is 7.12. The van der Waals surface area contributed by atoms with E-state index in [0.717, 1.165) is 18.4 Å². The quantitative estimate of drug-likeness (QED) is 0.852. The summed E-state index contributed by atoms with van der Waals surface area (Å²) in [4.78, 5) is 27.2. The Balaban J connectivity index is 1.58. The van der Waals surface area contributed by atoms with E-state index >= 15 is 0 Å². The van der Waals surface area contributed by atoms with Crippen LogP contribution in [-0.4, -0.2) is 28.1 Å². The summed E-state index contributed by atoms with van der Waals surface area (Å²) in [6.07, 6.45) is 5.01. The van der Waals surface area contributed by atoms with Crippen LogP contribution in [0.2, 0.25) is 0 Å². The molecular formula is C18H18N2O4. The van der Waals surface area contributed by atoms with Gasteiger partial charge in [0, 0.05) is 24.4 Å². The zero-order valence-electron chi connectivity index (χ0n) is 13.1. The van der Waals surface area contributed by atoms with Crippen molar-refractivity contribution in [2.45, 2.75) is 31.9 Å². The van der Waals surface area contributed by atoms with E-state index < -0.39 is 5.97 Å². The Morgan fingerprint density at radius 2 is 1.92 bits per heavy atom. The third kappa shape index (κ3) is 3.90. The molecule has 1 aromatic carbocycles. The summed E-state index contributed by atoms with van der Waals surface area (Å²) in [5.74, 6) is -0.724. The smallest absolute Gasteiger partial charge is 0.335 e. The van der Waals surface area contributed by atoms with Gasteiger partial charge < -0.3 is 15.2 Å². The van der Waals surface area contributed by atoms with Crippen LogP contribution >= 0.6 is 0 Å². The van der Waals surface area contributed by atoms with E-state index in [-0.39, 0.29) is 17.6 Å². The normalized spacial score (nSPS) is 13.8. The number of aromatic nitrogens is 1. The maximum absolute atomic E-state index is 12.2. The second-order valence-corrected chi connectivity index (χ2v) is 5.74. The van der Waals surface area contributed by atoms with Gasteiger partial charge in [-0.1, -0.05) is 12.1 Å². The van der Waals surface area contributed by atoms with Crippen molar-refractivity contribution >= 4 is 11.9 Å². The number of nitrogens with one attached hydrogen (secondary N) is 1. The molecule has 0 spiro atoms. The molecule has 6 heteroatoms. The lowest BCUT2D eigenvalue weighted by Gasteiger charge is -2.25. The first-order valence-corrected chi connectivity index (χ1v) is 7.85. The number of pyridine rings is 1. The number of hydrogen-bond donors (Lipinski definition) is 2. The first kappa shape index (κ1) is 16.0. The lowest BCUT2D eigenvalue weighted by atomic mass is 9.96. The number of carboxylic acid groups (broad SMARTS) is 1. The Morgan fingerprint density at radius 3 is 2.54 bits per heavy atom. The average molecular weight is 326 g/mol. The maximum Gasteiger partial charge on any atom is 0.335 e. The molecule has 124 valence electrons. The van der Waals surface area contributed by atoms with Gasteiger partial charge in [0.2, 0.25) is 5.88 Å². The maximum atomic E-state index is 12.2. The van der Waals surface area contributed by atoms with Gasteiger partial charge in [0.1, 0.15) is 6.10 Å². The lowest BCUT2D eigenvalue weighted by molar-refractivity contribution is 0.0696. The van der Waals surface area contributed by atoms with Crippen molar-refractivity contribution in [1.29, 1.82) is 0 Å². The first-order valence-electron chi connectivity index (χ1n) is 7.85. The summed E-state index contributed by atoms with van der Waals surface area (Å²) in [6, 6.07) is 9.67. The van der Waals surface area contributed by atoms with E-state index in [2.05, 4.69) is 10.3 Å². The highest BCUT2D eigenvalue weighted by Crippen LogP contribution is 2.24. The highest BCUT2D eigenvalue weighted by atomic mass is 16.5. The number of ether oxygens (including phenoxy) is 1. The van der Waals surface area contributed by atoms with Crippen molar-refractivity contribution in [1.82, 2.24) is 10.3 Å². The van der Waals surface area contributed by atoms with Gasteiger partial charge in [-0.3, -0.25) is 4.79 Å². The van der Waals surface area contributed by atoms with E-state index in [9.17, 15) is 9.59 Å². The SMILES string of the molecule is O=C(O)c1ccc(CNC(=O)c2ccnc(OC3CCC3)c2)cc1. The molecule has 0 aliphatic heterocycles. The zero-order chi connectivity index (χ0) is 16.9. The molecule has 1 saturated carbocycles. The van der Waals surface area contributed by atoms with Crippen molar-refractivity contribution in [2.24, 2.45) is 0 Å². The molecule has 1 amide bonds. The minimum absolute atomic E-state index is 0.212. The highest BCUT2D eigenvalue weighted by molar-refractivity contribution is 5.94. The predicted octanol–water partition coefficient (Wildman–Crippen LogP) is 2.64. The van der Waals surface area contributed by atoms with Crippen molar-refractivity contribution in [3.8, 4) is 5.88 Å². The largest absolute Gasteiger partial charge is 0.478 e. The zero-order valence-corrected chi connectivity index (χ0v) is 13.1. The number of rotatable bonds is 6. The molecule has 1 aromatic heterocycles. The predicted molar refractivity (Wildman–Crippen MR) is 87.1 cm³/mol. The molecule has 1 heterocycles. The molecule has 2 N–H and O–H groups in total. The molecule has 0 unspecified atom stereocenters. The number of aromatic carboxylic acids is 1. The number of nitrogens with zero attached hydrogens (tertiary/aromatic N) is 1. The molecule has 24 heavy (non-hydrogen) atoms. The number of amides is 1. The molecule has 1 aliphatic carbocycles. The number of carbonyl (C=O) groups excluding carboxylic acids is 1. The number of carboxylic acids is 1. The van der Waals surface area contributed by atoms with Crippen LogP contribution in [0.4, 0.5) is 0 Å². The van der Waals surface area contributed by atoms with Gasteiger partial charge in [-0.15, -0.1) is 0 Å². The number of benzene rings is 1. The van der Waals surface area contributed by atoms with Crippen molar-refractivity contribution < 1.29 is 19.4 Å². The van der Waals surface area contributed by atoms with E-state index in [1.54, 1.807) is 30.5 Å². The van der Waals surface area contributed by atoms with Gasteiger partial charge in [0.05, 0.1) is 5.56 Å². The van der Waals surface area contributed by atoms with Gasteiger partial charge in [0.25, 0.3) is 5.91 Å². The Morgan fingerprint density at radius 1 is 1.17 bits per heavy atom. The van der Waals surface area contributed by atoms with Crippen LogP contribution in [0.15, 0.2) is 42.6 Å². The van der Waals surface area contributed by atoms with Crippen molar-refractivity contribution in [2.75, 3.05) is 0 Å². The molecule has 0 radical (unpaired) electrons. The fourth-order valence-corrected chi connectivity index (χ4v) is 2.32. The van der Waals surface area contributed by atoms with E-state index in [1.807, 2.05) is 0 Å². The topological polar surface area (TPSA) is 88.5 Å². The van der Waals surface area contributed by atoms with E-state index in [4.69, 9.17) is 9.84 Å². The van der Waals surface area contributed by atoms with Crippen LogP contribution in [0.1, 0.15) is 45.5 Å². The lowest BCUT2D eigenvalue weighted by Crippen LogP contribution is -2.26. The summed E-state index contributed by atoms with van der Waals surface area (Å²) in [5.41, 5.74) is 1.53. The van der Waals surface area contributed by atoms with Gasteiger partial charge in [-0.05, 0) is 43.0 Å². The fourth-order valence-electron chi connectivity index (χ4n) is 2.32. The minimum atomic E-state index is -0.971. The molecule has 1 aliphatic rings. The molecule has 2 aromatic rings. The van der Waals surface area contributed by atoms with E-state index in [0.29, 0.717) is 18.0 Å². The Labute approximate surface area is 139 Å². The van der Waals surface area contributed by atoms with Crippen LogP contribution in [0.5, 0.6) is 5.88 Å². The summed E-state index contributed by atoms with van der Waals surface area (Å²) >= 11 is 0. The van der Waals surface area contributed by atoms with Gasteiger partial charge in [-0.25, -0.2) is 9.78 Å². The third-order valence-electron chi connectivity index (χ3n) is 3.99. The number of hydrogen-bond acceptors (Lipinski definition) is 4. The van der Waals surface area contributed by atoms with Crippen molar-refractivity contribution in [3.63, 3.8) is 0 Å². The molecule has 6 nitrogen and oxygen atoms in total. The molecule has 3 rings (SSSR count).